The molecular formula is C11H22N2O3S. The highest BCUT2D eigenvalue weighted by Gasteiger charge is 2.10. The Morgan fingerprint density at radius 2 is 2.35 bits per heavy atom. The largest absolute Gasteiger partial charge is 0.385 e. The van der Waals surface area contributed by atoms with E-state index in [0.717, 1.165) is 25.9 Å². The molecule has 0 spiro atoms. The summed E-state index contributed by atoms with van der Waals surface area (Å²) in [5.74, 6) is 0.140. The Kier molecular flexibility index (Phi) is 6.72. The van der Waals surface area contributed by atoms with E-state index >= 15 is 0 Å². The van der Waals surface area contributed by atoms with E-state index < -0.39 is 10.0 Å². The lowest BCUT2D eigenvalue weighted by molar-refractivity contribution is 0.199. The number of sulfonamides is 1. The van der Waals surface area contributed by atoms with Gasteiger partial charge in [-0.1, -0.05) is 11.6 Å². The van der Waals surface area contributed by atoms with Crippen LogP contribution in [-0.2, 0) is 14.8 Å². The predicted molar refractivity (Wildman–Crippen MR) is 68.5 cm³/mol. The van der Waals surface area contributed by atoms with Gasteiger partial charge in [-0.2, -0.15) is 0 Å². The van der Waals surface area contributed by atoms with Crippen molar-refractivity contribution in [3.8, 4) is 0 Å². The molecule has 0 radical (unpaired) electrons. The van der Waals surface area contributed by atoms with E-state index in [-0.39, 0.29) is 5.75 Å². The Bertz CT molecular complexity index is 339. The number of nitrogens with one attached hydrogen (secondary N) is 2. The van der Waals surface area contributed by atoms with Gasteiger partial charge in [0.1, 0.15) is 0 Å². The highest BCUT2D eigenvalue weighted by molar-refractivity contribution is 7.89. The molecule has 0 saturated heterocycles. The van der Waals surface area contributed by atoms with Gasteiger partial charge in [-0.15, -0.1) is 0 Å². The highest BCUT2D eigenvalue weighted by atomic mass is 32.2. The maximum absolute atomic E-state index is 11.5. The third-order valence-corrected chi connectivity index (χ3v) is 4.16. The summed E-state index contributed by atoms with van der Waals surface area (Å²) in [4.78, 5) is 0. The highest BCUT2D eigenvalue weighted by Crippen LogP contribution is 2.08. The van der Waals surface area contributed by atoms with Crippen LogP contribution in [0.2, 0.25) is 0 Å². The van der Waals surface area contributed by atoms with Crippen LogP contribution < -0.4 is 10.0 Å². The van der Waals surface area contributed by atoms with Crippen LogP contribution in [0.25, 0.3) is 0 Å². The number of methoxy groups -OCH3 is 1. The molecule has 100 valence electrons. The SMILES string of the molecule is COCCCS(=O)(=O)NCCC1=CCNCC1. The Labute approximate surface area is 104 Å². The Morgan fingerprint density at radius 1 is 1.53 bits per heavy atom. The van der Waals surface area contributed by atoms with Crippen molar-refractivity contribution in [3.63, 3.8) is 0 Å². The minimum Gasteiger partial charge on any atom is -0.385 e. The van der Waals surface area contributed by atoms with E-state index in [0.29, 0.717) is 19.6 Å². The van der Waals surface area contributed by atoms with Gasteiger partial charge in [0.2, 0.25) is 10.0 Å². The summed E-state index contributed by atoms with van der Waals surface area (Å²) in [6.07, 6.45) is 4.51. The average Bonchev–Trinajstić information content (AvgIpc) is 2.30. The Morgan fingerprint density at radius 3 is 3.00 bits per heavy atom. The van der Waals surface area contributed by atoms with Crippen LogP contribution >= 0.6 is 0 Å². The molecule has 0 aliphatic carbocycles. The summed E-state index contributed by atoms with van der Waals surface area (Å²) in [6.45, 7) is 2.88. The van der Waals surface area contributed by atoms with Crippen LogP contribution in [0.3, 0.4) is 0 Å². The molecule has 1 rings (SSSR count). The van der Waals surface area contributed by atoms with E-state index in [4.69, 9.17) is 4.74 Å². The average molecular weight is 262 g/mol. The van der Waals surface area contributed by atoms with E-state index in [1.165, 1.54) is 5.57 Å². The molecule has 0 unspecified atom stereocenters. The number of hydrogen-bond acceptors (Lipinski definition) is 4. The Hall–Kier alpha value is -0.430. The Balaban J connectivity index is 2.18. The first-order valence-corrected chi connectivity index (χ1v) is 7.64. The van der Waals surface area contributed by atoms with Crippen LogP contribution in [0.1, 0.15) is 19.3 Å². The van der Waals surface area contributed by atoms with Gasteiger partial charge in [-0.05, 0) is 25.8 Å². The first-order valence-electron chi connectivity index (χ1n) is 5.99. The fraction of sp³-hybridized carbons (Fsp3) is 0.818. The maximum atomic E-state index is 11.5. The fourth-order valence-corrected chi connectivity index (χ4v) is 2.78. The van der Waals surface area contributed by atoms with Gasteiger partial charge in [0.25, 0.3) is 0 Å². The van der Waals surface area contributed by atoms with Crippen molar-refractivity contribution in [2.75, 3.05) is 39.1 Å². The molecule has 0 aromatic rings. The van der Waals surface area contributed by atoms with Crippen LogP contribution in [0.5, 0.6) is 0 Å². The molecule has 1 heterocycles. The molecule has 0 amide bonds. The standard InChI is InChI=1S/C11H22N2O3S/c1-16-9-2-10-17(14,15)13-8-5-11-3-6-12-7-4-11/h3,12-13H,2,4-10H2,1H3. The summed E-state index contributed by atoms with van der Waals surface area (Å²) >= 11 is 0. The van der Waals surface area contributed by atoms with Gasteiger partial charge in [0, 0.05) is 26.8 Å². The third-order valence-electron chi connectivity index (χ3n) is 2.69. The lowest BCUT2D eigenvalue weighted by Gasteiger charge is -2.14. The molecule has 0 aromatic carbocycles. The second-order valence-corrected chi connectivity index (χ2v) is 6.05. The minimum atomic E-state index is -3.13. The van der Waals surface area contributed by atoms with Crippen LogP contribution in [-0.4, -0.2) is 47.5 Å². The van der Waals surface area contributed by atoms with E-state index in [1.807, 2.05) is 0 Å². The third kappa shape index (κ3) is 6.78. The first-order chi connectivity index (χ1) is 8.14. The molecule has 5 nitrogen and oxygen atoms in total. The zero-order valence-electron chi connectivity index (χ0n) is 10.4. The monoisotopic (exact) mass is 262 g/mol. The molecule has 17 heavy (non-hydrogen) atoms. The van der Waals surface area contributed by atoms with Crippen molar-refractivity contribution >= 4 is 10.0 Å². The second kappa shape index (κ2) is 7.81. The lowest BCUT2D eigenvalue weighted by atomic mass is 10.1. The summed E-state index contributed by atoms with van der Waals surface area (Å²) < 4.78 is 30.5. The van der Waals surface area contributed by atoms with Gasteiger partial charge in [-0.3, -0.25) is 0 Å². The smallest absolute Gasteiger partial charge is 0.211 e. The lowest BCUT2D eigenvalue weighted by Crippen LogP contribution is -2.29. The number of rotatable bonds is 8. The molecule has 0 atom stereocenters. The van der Waals surface area contributed by atoms with Crippen LogP contribution in [0.15, 0.2) is 11.6 Å². The fourth-order valence-electron chi connectivity index (χ4n) is 1.73. The topological polar surface area (TPSA) is 67.4 Å². The van der Waals surface area contributed by atoms with E-state index in [1.54, 1.807) is 7.11 Å². The summed E-state index contributed by atoms with van der Waals surface area (Å²) in [5.41, 5.74) is 1.34. The van der Waals surface area contributed by atoms with Crippen molar-refractivity contribution in [1.29, 1.82) is 0 Å². The van der Waals surface area contributed by atoms with E-state index in [9.17, 15) is 8.42 Å². The van der Waals surface area contributed by atoms with Crippen molar-refractivity contribution in [3.05, 3.63) is 11.6 Å². The van der Waals surface area contributed by atoms with Crippen LogP contribution in [0, 0.1) is 0 Å². The van der Waals surface area contributed by atoms with Gasteiger partial charge in [0.05, 0.1) is 5.75 Å². The zero-order chi connectivity index (χ0) is 12.6. The molecule has 0 fully saturated rings. The predicted octanol–water partition coefficient (Wildman–Crippen LogP) is 0.252. The molecule has 0 bridgehead atoms. The zero-order valence-corrected chi connectivity index (χ0v) is 11.2. The molecule has 0 saturated carbocycles. The quantitative estimate of drug-likeness (QED) is 0.486. The molecule has 1 aliphatic heterocycles. The van der Waals surface area contributed by atoms with Crippen LogP contribution in [0.4, 0.5) is 0 Å². The number of hydrogen-bond donors (Lipinski definition) is 2. The molecule has 0 aromatic heterocycles. The first kappa shape index (κ1) is 14.6. The van der Waals surface area contributed by atoms with Crippen molar-refractivity contribution < 1.29 is 13.2 Å². The molecule has 2 N–H and O–H groups in total. The number of ether oxygens (including phenoxy) is 1. The normalized spacial score (nSPS) is 16.9. The summed E-state index contributed by atoms with van der Waals surface area (Å²) in [5, 5.41) is 3.23. The van der Waals surface area contributed by atoms with E-state index in [2.05, 4.69) is 16.1 Å². The van der Waals surface area contributed by atoms with Gasteiger partial charge in [-0.25, -0.2) is 13.1 Å². The summed E-state index contributed by atoms with van der Waals surface area (Å²) in [6, 6.07) is 0. The summed E-state index contributed by atoms with van der Waals surface area (Å²) in [7, 11) is -1.55. The maximum Gasteiger partial charge on any atom is 0.211 e. The van der Waals surface area contributed by atoms with Crippen molar-refractivity contribution in [2.45, 2.75) is 19.3 Å². The molecular weight excluding hydrogens is 240 g/mol. The molecule has 6 heteroatoms. The van der Waals surface area contributed by atoms with Gasteiger partial charge < -0.3 is 10.1 Å². The minimum absolute atomic E-state index is 0.140. The van der Waals surface area contributed by atoms with Gasteiger partial charge >= 0.3 is 0 Å². The second-order valence-electron chi connectivity index (χ2n) is 4.13. The van der Waals surface area contributed by atoms with Gasteiger partial charge in [0.15, 0.2) is 0 Å². The molecule has 1 aliphatic rings. The van der Waals surface area contributed by atoms with Crippen molar-refractivity contribution in [2.24, 2.45) is 0 Å². The van der Waals surface area contributed by atoms with Crippen molar-refractivity contribution in [1.82, 2.24) is 10.0 Å².